The minimum atomic E-state index is 0.517. The fourth-order valence-electron chi connectivity index (χ4n) is 0.911. The number of anilines is 1. The lowest BCUT2D eigenvalue weighted by atomic mass is 10.5. The van der Waals surface area contributed by atoms with Crippen molar-refractivity contribution < 1.29 is 0 Å². The third kappa shape index (κ3) is 0.953. The number of fused-ring (bicyclic) bond motifs is 1. The standard InChI is InChI=1S/C6H5IN4/c7-5-3-9-6(8)4-1-2-10-11(4)5/h1-3H,(H2,8,9). The molecule has 0 aliphatic rings. The Balaban J connectivity index is 2.96. The van der Waals surface area contributed by atoms with E-state index in [2.05, 4.69) is 32.7 Å². The molecule has 0 unspecified atom stereocenters. The molecule has 0 saturated heterocycles. The van der Waals surface area contributed by atoms with Gasteiger partial charge in [0.15, 0.2) is 0 Å². The number of aromatic nitrogens is 3. The average Bonchev–Trinajstić information content (AvgIpc) is 2.45. The molecular weight excluding hydrogens is 255 g/mol. The number of halogens is 1. The lowest BCUT2D eigenvalue weighted by Gasteiger charge is -1.97. The summed E-state index contributed by atoms with van der Waals surface area (Å²) in [5.41, 5.74) is 6.45. The number of nitrogen functional groups attached to an aromatic ring is 1. The van der Waals surface area contributed by atoms with Gasteiger partial charge in [-0.15, -0.1) is 0 Å². The molecule has 2 aromatic rings. The van der Waals surface area contributed by atoms with E-state index in [0.29, 0.717) is 5.82 Å². The van der Waals surface area contributed by atoms with Gasteiger partial charge in [-0.2, -0.15) is 5.10 Å². The molecule has 0 spiro atoms. The molecule has 2 heterocycles. The topological polar surface area (TPSA) is 56.2 Å². The van der Waals surface area contributed by atoms with Gasteiger partial charge in [-0.05, 0) is 28.7 Å². The van der Waals surface area contributed by atoms with Crippen LogP contribution in [0.2, 0.25) is 0 Å². The highest BCUT2D eigenvalue weighted by Crippen LogP contribution is 2.12. The second-order valence-electron chi connectivity index (χ2n) is 2.09. The van der Waals surface area contributed by atoms with Gasteiger partial charge in [0.2, 0.25) is 0 Å². The van der Waals surface area contributed by atoms with Crippen molar-refractivity contribution in [2.45, 2.75) is 0 Å². The Bertz CT molecular complexity index is 358. The van der Waals surface area contributed by atoms with Crippen molar-refractivity contribution in [1.82, 2.24) is 14.6 Å². The molecule has 2 N–H and O–H groups in total. The molecule has 56 valence electrons. The van der Waals surface area contributed by atoms with Crippen LogP contribution in [0.3, 0.4) is 0 Å². The summed E-state index contributed by atoms with van der Waals surface area (Å²) < 4.78 is 2.71. The van der Waals surface area contributed by atoms with Crippen LogP contribution in [0.15, 0.2) is 18.5 Å². The van der Waals surface area contributed by atoms with Crippen molar-refractivity contribution in [2.24, 2.45) is 0 Å². The highest BCUT2D eigenvalue weighted by molar-refractivity contribution is 14.1. The van der Waals surface area contributed by atoms with Crippen LogP contribution in [-0.2, 0) is 0 Å². The summed E-state index contributed by atoms with van der Waals surface area (Å²) in [7, 11) is 0. The third-order valence-electron chi connectivity index (χ3n) is 1.42. The SMILES string of the molecule is Nc1ncc(I)n2nccc12. The van der Waals surface area contributed by atoms with Crippen LogP contribution in [0, 0.1) is 3.70 Å². The maximum Gasteiger partial charge on any atom is 0.149 e. The predicted molar refractivity (Wildman–Crippen MR) is 50.1 cm³/mol. The molecule has 0 aromatic carbocycles. The molecule has 0 aliphatic carbocycles. The first-order valence-electron chi connectivity index (χ1n) is 3.03. The number of hydrogen-bond acceptors (Lipinski definition) is 3. The van der Waals surface area contributed by atoms with Gasteiger partial charge in [0.25, 0.3) is 0 Å². The van der Waals surface area contributed by atoms with Crippen LogP contribution in [0.25, 0.3) is 5.52 Å². The molecule has 2 rings (SSSR count). The molecule has 0 bridgehead atoms. The Morgan fingerprint density at radius 3 is 3.09 bits per heavy atom. The highest BCUT2D eigenvalue weighted by atomic mass is 127. The fourth-order valence-corrected chi connectivity index (χ4v) is 1.43. The highest BCUT2D eigenvalue weighted by Gasteiger charge is 2.01. The van der Waals surface area contributed by atoms with Gasteiger partial charge in [-0.3, -0.25) is 0 Å². The van der Waals surface area contributed by atoms with Gasteiger partial charge in [-0.1, -0.05) is 0 Å². The van der Waals surface area contributed by atoms with E-state index >= 15 is 0 Å². The van der Waals surface area contributed by atoms with E-state index in [-0.39, 0.29) is 0 Å². The van der Waals surface area contributed by atoms with E-state index in [1.165, 1.54) is 0 Å². The zero-order chi connectivity index (χ0) is 7.84. The van der Waals surface area contributed by atoms with Gasteiger partial charge in [0.1, 0.15) is 15.0 Å². The quantitative estimate of drug-likeness (QED) is 0.716. The Morgan fingerprint density at radius 2 is 2.36 bits per heavy atom. The normalized spacial score (nSPS) is 10.6. The maximum absolute atomic E-state index is 5.59. The van der Waals surface area contributed by atoms with Gasteiger partial charge >= 0.3 is 0 Å². The number of nitrogens with two attached hydrogens (primary N) is 1. The molecule has 0 atom stereocenters. The molecule has 5 heteroatoms. The van der Waals surface area contributed by atoms with Crippen LogP contribution in [0.5, 0.6) is 0 Å². The molecule has 0 fully saturated rings. The first kappa shape index (κ1) is 6.84. The zero-order valence-corrected chi connectivity index (χ0v) is 7.69. The minimum absolute atomic E-state index is 0.517. The lowest BCUT2D eigenvalue weighted by Crippen LogP contribution is -1.99. The van der Waals surface area contributed by atoms with Crippen molar-refractivity contribution in [3.05, 3.63) is 22.2 Å². The van der Waals surface area contributed by atoms with Gasteiger partial charge in [-0.25, -0.2) is 9.50 Å². The van der Waals surface area contributed by atoms with E-state index in [9.17, 15) is 0 Å². The molecule has 0 saturated carbocycles. The van der Waals surface area contributed by atoms with Crippen molar-refractivity contribution >= 4 is 33.9 Å². The number of nitrogens with zero attached hydrogens (tertiary/aromatic N) is 3. The molecule has 0 amide bonds. The molecule has 0 aliphatic heterocycles. The van der Waals surface area contributed by atoms with Crippen molar-refractivity contribution in [1.29, 1.82) is 0 Å². The molecule has 11 heavy (non-hydrogen) atoms. The summed E-state index contributed by atoms with van der Waals surface area (Å²) in [4.78, 5) is 3.99. The summed E-state index contributed by atoms with van der Waals surface area (Å²) in [5.74, 6) is 0.517. The number of rotatable bonds is 0. The zero-order valence-electron chi connectivity index (χ0n) is 5.53. The monoisotopic (exact) mass is 260 g/mol. The Morgan fingerprint density at radius 1 is 1.55 bits per heavy atom. The summed E-state index contributed by atoms with van der Waals surface area (Å²) in [5, 5.41) is 4.07. The first-order valence-corrected chi connectivity index (χ1v) is 4.10. The minimum Gasteiger partial charge on any atom is -0.382 e. The summed E-state index contributed by atoms with van der Waals surface area (Å²) >= 11 is 2.15. The van der Waals surface area contributed by atoms with Crippen molar-refractivity contribution in [3.63, 3.8) is 0 Å². The Kier molecular flexibility index (Phi) is 1.45. The van der Waals surface area contributed by atoms with Crippen LogP contribution >= 0.6 is 22.6 Å². The van der Waals surface area contributed by atoms with E-state index in [1.807, 2.05) is 6.07 Å². The number of hydrogen-bond donors (Lipinski definition) is 1. The summed E-state index contributed by atoms with van der Waals surface area (Å²) in [6.07, 6.45) is 3.39. The van der Waals surface area contributed by atoms with Gasteiger partial charge < -0.3 is 5.73 Å². The average molecular weight is 260 g/mol. The maximum atomic E-state index is 5.59. The molecular formula is C6H5IN4. The van der Waals surface area contributed by atoms with E-state index in [1.54, 1.807) is 16.9 Å². The lowest BCUT2D eigenvalue weighted by molar-refractivity contribution is 0.919. The van der Waals surface area contributed by atoms with E-state index in [0.717, 1.165) is 9.22 Å². The largest absolute Gasteiger partial charge is 0.382 e. The summed E-state index contributed by atoms with van der Waals surface area (Å²) in [6.45, 7) is 0. The van der Waals surface area contributed by atoms with E-state index < -0.39 is 0 Å². The van der Waals surface area contributed by atoms with Crippen LogP contribution in [0.1, 0.15) is 0 Å². The predicted octanol–water partition coefficient (Wildman–Crippen LogP) is 0.916. The van der Waals surface area contributed by atoms with Crippen LogP contribution in [-0.4, -0.2) is 14.6 Å². The van der Waals surface area contributed by atoms with E-state index in [4.69, 9.17) is 5.73 Å². The molecule has 4 nitrogen and oxygen atoms in total. The van der Waals surface area contributed by atoms with Gasteiger partial charge in [0, 0.05) is 0 Å². The Hall–Kier alpha value is -0.850. The second kappa shape index (κ2) is 2.33. The molecule has 2 aromatic heterocycles. The second-order valence-corrected chi connectivity index (χ2v) is 3.20. The Labute approximate surface area is 76.6 Å². The third-order valence-corrected chi connectivity index (χ3v) is 2.15. The van der Waals surface area contributed by atoms with Crippen LogP contribution in [0.4, 0.5) is 5.82 Å². The first-order chi connectivity index (χ1) is 5.29. The van der Waals surface area contributed by atoms with Gasteiger partial charge in [0.05, 0.1) is 12.4 Å². The van der Waals surface area contributed by atoms with Crippen molar-refractivity contribution in [3.8, 4) is 0 Å². The van der Waals surface area contributed by atoms with Crippen molar-refractivity contribution in [2.75, 3.05) is 5.73 Å². The molecule has 0 radical (unpaired) electrons. The smallest absolute Gasteiger partial charge is 0.149 e. The summed E-state index contributed by atoms with van der Waals surface area (Å²) in [6, 6.07) is 1.84. The van der Waals surface area contributed by atoms with Crippen LogP contribution < -0.4 is 5.73 Å². The fraction of sp³-hybridized carbons (Fsp3) is 0.